The molecular weight excluding hydrogens is 867 g/mol. The number of likely N-dealkylation sites (N-methyl/N-ethyl adjacent to an activating group) is 2. The summed E-state index contributed by atoms with van der Waals surface area (Å²) >= 11 is 0. The molecule has 5 rings (SSSR count). The van der Waals surface area contributed by atoms with Crippen molar-refractivity contribution in [1.82, 2.24) is 25.3 Å². The van der Waals surface area contributed by atoms with Crippen molar-refractivity contribution < 1.29 is 48.1 Å². The summed E-state index contributed by atoms with van der Waals surface area (Å²) < 4.78 is 17.8. The monoisotopic (exact) mass is 940 g/mol. The molecule has 0 radical (unpaired) electrons. The number of fused-ring (bicyclic) bond motifs is 3. The van der Waals surface area contributed by atoms with Crippen molar-refractivity contribution in [2.75, 3.05) is 41.5 Å². The number of nitrogens with one attached hydrogen (secondary N) is 2. The molecule has 5 amide bonds. The Morgan fingerprint density at radius 2 is 1.43 bits per heavy atom. The molecule has 1 fully saturated rings. The fraction of sp³-hybridized carbons (Fsp3) is 0.547. The zero-order chi connectivity index (χ0) is 50.0. The van der Waals surface area contributed by atoms with Gasteiger partial charge in [-0.05, 0) is 66.3 Å². The standard InChI is InChI=1S/C53H73N5O10/c1-12-33(4)46(43(66-10)30-44(59)58-28-20-27-42(58)47(67-11)34(5)48(60)54-41(50(62)63)29-35-21-14-13-15-22-35)56(8)49(61)45(32(2)3)55-51(64)53(6,7)57(9)52(65)68-31-40-38-25-18-16-23-36(38)37-24-17-19-26-39(37)40/h13-19,21-26,32-34,40-43,45-47H,12,20,27-31H2,1-11H3,(H,54,60)(H,55,64)(H,62,63)/t33-,34+,41-,42-,43+,45-,46-,47+/m0/s1. The minimum Gasteiger partial charge on any atom is -0.480 e. The SMILES string of the molecule is CC[C@H](C)[C@@H]([C@@H](CC(=O)N1CCC[C@H]1[C@H](OC)[C@@H](C)C(=O)N[C@@H](Cc1ccccc1)C(=O)O)OC)N(C)C(=O)[C@@H](NC(=O)C(C)(C)N(C)C(=O)OCC1c2ccccc2-c2ccccc21)C(C)C. The number of ether oxygens (including phenoxy) is 3. The Bertz CT molecular complexity index is 2190. The Morgan fingerprint density at radius 3 is 1.97 bits per heavy atom. The molecule has 370 valence electrons. The number of carboxylic acids is 1. The minimum atomic E-state index is -1.42. The van der Waals surface area contributed by atoms with Gasteiger partial charge in [-0.25, -0.2) is 9.59 Å². The average molecular weight is 940 g/mol. The third kappa shape index (κ3) is 11.9. The highest BCUT2D eigenvalue weighted by molar-refractivity contribution is 5.94. The topological polar surface area (TPSA) is 184 Å². The molecule has 1 saturated heterocycles. The summed E-state index contributed by atoms with van der Waals surface area (Å²) in [5.41, 5.74) is 3.69. The zero-order valence-corrected chi connectivity index (χ0v) is 41.7. The fourth-order valence-electron chi connectivity index (χ4n) is 9.78. The van der Waals surface area contributed by atoms with Gasteiger partial charge in [-0.2, -0.15) is 0 Å². The number of carboxylic acid groups (broad SMARTS) is 1. The summed E-state index contributed by atoms with van der Waals surface area (Å²) in [5, 5.41) is 15.6. The lowest BCUT2D eigenvalue weighted by atomic mass is 9.89. The van der Waals surface area contributed by atoms with Crippen LogP contribution in [-0.2, 0) is 44.6 Å². The molecule has 3 aromatic rings. The lowest BCUT2D eigenvalue weighted by molar-refractivity contribution is -0.148. The molecule has 1 aliphatic heterocycles. The molecule has 8 atom stereocenters. The van der Waals surface area contributed by atoms with Gasteiger partial charge >= 0.3 is 12.1 Å². The van der Waals surface area contributed by atoms with Gasteiger partial charge in [0.05, 0.1) is 36.6 Å². The molecular formula is C53H73N5O10. The van der Waals surface area contributed by atoms with Gasteiger partial charge in [0, 0.05) is 47.2 Å². The van der Waals surface area contributed by atoms with E-state index in [1.165, 1.54) is 26.2 Å². The highest BCUT2D eigenvalue weighted by atomic mass is 16.6. The molecule has 0 unspecified atom stereocenters. The maximum Gasteiger partial charge on any atom is 0.410 e. The van der Waals surface area contributed by atoms with E-state index in [1.54, 1.807) is 49.8 Å². The highest BCUT2D eigenvalue weighted by Gasteiger charge is 2.45. The molecule has 1 heterocycles. The van der Waals surface area contributed by atoms with Crippen LogP contribution < -0.4 is 10.6 Å². The van der Waals surface area contributed by atoms with Crippen LogP contribution in [0.15, 0.2) is 78.9 Å². The van der Waals surface area contributed by atoms with Crippen LogP contribution in [0.3, 0.4) is 0 Å². The van der Waals surface area contributed by atoms with Gasteiger partial charge in [-0.1, -0.05) is 120 Å². The number of methoxy groups -OCH3 is 2. The second kappa shape index (κ2) is 23.5. The molecule has 68 heavy (non-hydrogen) atoms. The molecule has 3 aromatic carbocycles. The second-order valence-electron chi connectivity index (χ2n) is 19.3. The molecule has 2 aliphatic rings. The summed E-state index contributed by atoms with van der Waals surface area (Å²) in [4.78, 5) is 87.1. The van der Waals surface area contributed by atoms with Crippen molar-refractivity contribution in [3.63, 3.8) is 0 Å². The van der Waals surface area contributed by atoms with Crippen molar-refractivity contribution in [1.29, 1.82) is 0 Å². The van der Waals surface area contributed by atoms with E-state index in [0.717, 1.165) is 27.8 Å². The maximum absolute atomic E-state index is 14.6. The zero-order valence-electron chi connectivity index (χ0n) is 41.7. The van der Waals surface area contributed by atoms with Gasteiger partial charge in [0.25, 0.3) is 0 Å². The van der Waals surface area contributed by atoms with E-state index in [1.807, 2.05) is 82.3 Å². The minimum absolute atomic E-state index is 0.0779. The third-order valence-electron chi connectivity index (χ3n) is 14.4. The average Bonchev–Trinajstić information content (AvgIpc) is 3.94. The molecule has 0 aromatic heterocycles. The van der Waals surface area contributed by atoms with Crippen molar-refractivity contribution in [3.05, 3.63) is 95.6 Å². The van der Waals surface area contributed by atoms with Gasteiger partial charge in [0.15, 0.2) is 0 Å². The molecule has 3 N–H and O–H groups in total. The Hall–Kier alpha value is -5.80. The van der Waals surface area contributed by atoms with E-state index < -0.39 is 71.7 Å². The van der Waals surface area contributed by atoms with Crippen LogP contribution in [0.4, 0.5) is 4.79 Å². The first-order valence-corrected chi connectivity index (χ1v) is 23.9. The predicted molar refractivity (Wildman–Crippen MR) is 260 cm³/mol. The first kappa shape index (κ1) is 53.2. The van der Waals surface area contributed by atoms with Gasteiger partial charge < -0.3 is 39.8 Å². The summed E-state index contributed by atoms with van der Waals surface area (Å²) in [6, 6.07) is 21.9. The lowest BCUT2D eigenvalue weighted by Crippen LogP contribution is -2.62. The van der Waals surface area contributed by atoms with Crippen molar-refractivity contribution in [2.24, 2.45) is 17.8 Å². The normalized spacial score (nSPS) is 17.7. The van der Waals surface area contributed by atoms with Crippen LogP contribution in [0.2, 0.25) is 0 Å². The van der Waals surface area contributed by atoms with Crippen molar-refractivity contribution in [2.45, 2.75) is 128 Å². The number of nitrogens with zero attached hydrogens (tertiary/aromatic N) is 3. The quantitative estimate of drug-likeness (QED) is 0.100. The molecule has 15 heteroatoms. The number of benzene rings is 3. The van der Waals surface area contributed by atoms with Crippen LogP contribution in [0.1, 0.15) is 96.8 Å². The molecule has 0 spiro atoms. The third-order valence-corrected chi connectivity index (χ3v) is 14.4. The van der Waals surface area contributed by atoms with Crippen LogP contribution in [0, 0.1) is 17.8 Å². The second-order valence-corrected chi connectivity index (χ2v) is 19.3. The molecule has 0 saturated carbocycles. The lowest BCUT2D eigenvalue weighted by Gasteiger charge is -2.41. The Kier molecular flexibility index (Phi) is 18.4. The highest BCUT2D eigenvalue weighted by Crippen LogP contribution is 2.44. The molecule has 1 aliphatic carbocycles. The first-order valence-electron chi connectivity index (χ1n) is 23.9. The number of hydrogen-bond acceptors (Lipinski definition) is 9. The van der Waals surface area contributed by atoms with Gasteiger partial charge in [0.2, 0.25) is 23.6 Å². The summed E-state index contributed by atoms with van der Waals surface area (Å²) in [7, 11) is 6.16. The summed E-state index contributed by atoms with van der Waals surface area (Å²) in [6.07, 6.45) is -0.233. The number of amides is 5. The maximum atomic E-state index is 14.6. The largest absolute Gasteiger partial charge is 0.480 e. The number of hydrogen-bond donors (Lipinski definition) is 3. The van der Waals surface area contributed by atoms with Crippen LogP contribution >= 0.6 is 0 Å². The van der Waals surface area contributed by atoms with E-state index >= 15 is 0 Å². The van der Waals surface area contributed by atoms with Gasteiger partial charge in [0.1, 0.15) is 24.2 Å². The van der Waals surface area contributed by atoms with Gasteiger partial charge in [-0.15, -0.1) is 0 Å². The predicted octanol–water partition coefficient (Wildman–Crippen LogP) is 6.52. The Balaban J connectivity index is 1.24. The van der Waals surface area contributed by atoms with E-state index in [-0.39, 0.29) is 49.0 Å². The number of carbonyl (C=O) groups is 6. The van der Waals surface area contributed by atoms with Crippen LogP contribution in [0.25, 0.3) is 11.1 Å². The summed E-state index contributed by atoms with van der Waals surface area (Å²) in [5.74, 6) is -4.25. The Morgan fingerprint density at radius 1 is 0.838 bits per heavy atom. The van der Waals surface area contributed by atoms with Crippen LogP contribution in [-0.4, -0.2) is 139 Å². The van der Waals surface area contributed by atoms with Gasteiger partial charge in [-0.3, -0.25) is 24.1 Å². The molecule has 15 nitrogen and oxygen atoms in total. The molecule has 0 bridgehead atoms. The van der Waals surface area contributed by atoms with Crippen molar-refractivity contribution >= 4 is 35.7 Å². The number of likely N-dealkylation sites (tertiary alicyclic amines) is 1. The smallest absolute Gasteiger partial charge is 0.410 e. The summed E-state index contributed by atoms with van der Waals surface area (Å²) in [6.45, 7) is 13.0. The van der Waals surface area contributed by atoms with E-state index in [4.69, 9.17) is 14.2 Å². The van der Waals surface area contributed by atoms with E-state index in [9.17, 15) is 33.9 Å². The number of aliphatic carboxylic acids is 1. The van der Waals surface area contributed by atoms with E-state index in [0.29, 0.717) is 25.8 Å². The fourth-order valence-corrected chi connectivity index (χ4v) is 9.78. The Labute approximate surface area is 402 Å². The number of carbonyl (C=O) groups excluding carboxylic acids is 5. The van der Waals surface area contributed by atoms with Crippen LogP contribution in [0.5, 0.6) is 0 Å². The first-order chi connectivity index (χ1) is 32.3. The number of rotatable bonds is 22. The van der Waals surface area contributed by atoms with Crippen molar-refractivity contribution in [3.8, 4) is 11.1 Å². The van der Waals surface area contributed by atoms with E-state index in [2.05, 4.69) is 22.8 Å².